The van der Waals surface area contributed by atoms with E-state index in [0.717, 1.165) is 16.5 Å². The van der Waals surface area contributed by atoms with Gasteiger partial charge >= 0.3 is 0 Å². The zero-order valence-corrected chi connectivity index (χ0v) is 20.9. The number of anilines is 1. The van der Waals surface area contributed by atoms with Gasteiger partial charge in [-0.05, 0) is 54.6 Å². The fourth-order valence-corrected chi connectivity index (χ4v) is 4.68. The molecule has 2 aromatic carbocycles. The Bertz CT molecular complexity index is 1720. The minimum Gasteiger partial charge on any atom is -0.383 e. The number of pyridine rings is 2. The number of aromatic nitrogens is 4. The summed E-state index contributed by atoms with van der Waals surface area (Å²) in [5.41, 5.74) is 11.4. The van der Waals surface area contributed by atoms with Crippen molar-refractivity contribution in [1.29, 1.82) is 5.41 Å². The van der Waals surface area contributed by atoms with Crippen molar-refractivity contribution in [3.8, 4) is 17.1 Å². The third-order valence-corrected chi connectivity index (χ3v) is 6.53. The fourth-order valence-electron chi connectivity index (χ4n) is 4.56. The highest BCUT2D eigenvalue weighted by Gasteiger charge is 2.23. The summed E-state index contributed by atoms with van der Waals surface area (Å²) in [4.78, 5) is 18.4. The Morgan fingerprint density at radius 2 is 1.84 bits per heavy atom. The normalized spacial score (nSPS) is 11.1. The minimum absolute atomic E-state index is 0.0753. The maximum absolute atomic E-state index is 13.9. The summed E-state index contributed by atoms with van der Waals surface area (Å²) in [5.74, 6) is 0.349. The predicted octanol–water partition coefficient (Wildman–Crippen LogP) is 4.65. The van der Waals surface area contributed by atoms with Gasteiger partial charge in [-0.25, -0.2) is 9.67 Å². The molecule has 3 heterocycles. The van der Waals surface area contributed by atoms with Gasteiger partial charge in [0.05, 0.1) is 23.2 Å². The highest BCUT2D eigenvalue weighted by Crippen LogP contribution is 2.30. The molecule has 3 aromatic heterocycles. The molecule has 37 heavy (non-hydrogen) atoms. The number of nitrogen functional groups attached to an aromatic ring is 1. The summed E-state index contributed by atoms with van der Waals surface area (Å²) in [6.45, 7) is 3.87. The Kier molecular flexibility index (Phi) is 6.24. The minimum atomic E-state index is -0.278. The molecule has 5 N–H and O–H groups in total. The summed E-state index contributed by atoms with van der Waals surface area (Å²) in [7, 11) is 0. The molecule has 0 aliphatic rings. The molecule has 9 nitrogen and oxygen atoms in total. The van der Waals surface area contributed by atoms with Crippen LogP contribution in [-0.2, 0) is 6.54 Å². The van der Waals surface area contributed by atoms with E-state index in [2.05, 4.69) is 15.6 Å². The van der Waals surface area contributed by atoms with Gasteiger partial charge in [0.25, 0.3) is 5.56 Å². The average Bonchev–Trinajstić information content (AvgIpc) is 3.24. The van der Waals surface area contributed by atoms with Crippen LogP contribution in [0.5, 0.6) is 0 Å². The topological polar surface area (TPSA) is 135 Å². The van der Waals surface area contributed by atoms with Crippen molar-refractivity contribution in [3.05, 3.63) is 105 Å². The quantitative estimate of drug-likeness (QED) is 0.148. The molecule has 0 bridgehead atoms. The number of amidine groups is 1. The second-order valence-corrected chi connectivity index (χ2v) is 9.16. The second-order valence-electron chi connectivity index (χ2n) is 8.72. The van der Waals surface area contributed by atoms with Crippen LogP contribution in [0.4, 0.5) is 5.82 Å². The first-order valence-electron chi connectivity index (χ1n) is 11.5. The van der Waals surface area contributed by atoms with Crippen molar-refractivity contribution in [2.24, 2.45) is 5.73 Å². The zero-order chi connectivity index (χ0) is 26.3. The number of hydrogen-bond acceptors (Lipinski definition) is 6. The van der Waals surface area contributed by atoms with E-state index in [1.54, 1.807) is 35.0 Å². The highest BCUT2D eigenvalue weighted by molar-refractivity contribution is 6.30. The standard InChI is InChI=1S/C27H24ClN7O2/c1-15-5-3-7-18-13-20(35(27(36)21(15)18)25-16(2)6-4-12-31-25)14-34-26(33-37)22(24(29)30)23(32-34)17-8-10-19(28)11-9-17/h3-13,33,37H,14H2,1-2H3,(H3,29,30). The van der Waals surface area contributed by atoms with E-state index in [0.29, 0.717) is 33.2 Å². The first-order chi connectivity index (χ1) is 17.8. The highest BCUT2D eigenvalue weighted by atomic mass is 35.5. The lowest BCUT2D eigenvalue weighted by atomic mass is 10.1. The molecule has 186 valence electrons. The lowest BCUT2D eigenvalue weighted by Gasteiger charge is -2.17. The van der Waals surface area contributed by atoms with Gasteiger partial charge in [0.1, 0.15) is 17.3 Å². The van der Waals surface area contributed by atoms with Crippen molar-refractivity contribution in [2.45, 2.75) is 20.4 Å². The number of nitrogens with one attached hydrogen (secondary N) is 2. The van der Waals surface area contributed by atoms with E-state index in [-0.39, 0.29) is 29.3 Å². The van der Waals surface area contributed by atoms with Crippen LogP contribution in [0.1, 0.15) is 22.4 Å². The molecule has 0 fully saturated rings. The molecule has 0 radical (unpaired) electrons. The fraction of sp³-hybridized carbons (Fsp3) is 0.111. The van der Waals surface area contributed by atoms with Gasteiger partial charge in [0.15, 0.2) is 5.82 Å². The molecule has 0 saturated carbocycles. The monoisotopic (exact) mass is 513 g/mol. The van der Waals surface area contributed by atoms with Gasteiger partial charge in [0.2, 0.25) is 0 Å². The molecular weight excluding hydrogens is 490 g/mol. The molecule has 0 spiro atoms. The smallest absolute Gasteiger partial charge is 0.264 e. The Balaban J connectivity index is 1.77. The molecule has 5 rings (SSSR count). The van der Waals surface area contributed by atoms with Crippen molar-refractivity contribution in [1.82, 2.24) is 19.3 Å². The van der Waals surface area contributed by atoms with Crippen molar-refractivity contribution < 1.29 is 5.21 Å². The van der Waals surface area contributed by atoms with Crippen LogP contribution in [0.2, 0.25) is 5.02 Å². The van der Waals surface area contributed by atoms with E-state index >= 15 is 0 Å². The molecule has 5 aromatic rings. The summed E-state index contributed by atoms with van der Waals surface area (Å²) >= 11 is 6.05. The van der Waals surface area contributed by atoms with Crippen LogP contribution in [0.25, 0.3) is 27.8 Å². The second kappa shape index (κ2) is 9.53. The molecule has 0 saturated heterocycles. The maximum atomic E-state index is 13.9. The Hall–Kier alpha value is -4.47. The van der Waals surface area contributed by atoms with Crippen molar-refractivity contribution in [3.63, 3.8) is 0 Å². The Morgan fingerprint density at radius 1 is 1.11 bits per heavy atom. The van der Waals surface area contributed by atoms with Gasteiger partial charge in [-0.2, -0.15) is 5.10 Å². The zero-order valence-electron chi connectivity index (χ0n) is 20.2. The molecular formula is C27H24ClN7O2. The first-order valence-corrected chi connectivity index (χ1v) is 11.9. The number of benzene rings is 2. The summed E-state index contributed by atoms with van der Waals surface area (Å²) in [6, 6.07) is 18.2. The average molecular weight is 514 g/mol. The van der Waals surface area contributed by atoms with Gasteiger partial charge in [0, 0.05) is 16.8 Å². The van der Waals surface area contributed by atoms with Crippen LogP contribution < -0.4 is 16.8 Å². The SMILES string of the molecule is Cc1cccnc1-n1c(Cn2nc(-c3ccc(Cl)cc3)c(C(=N)N)c2NO)cc2cccc(C)c2c1=O. The number of hydrogen-bond donors (Lipinski definition) is 4. The third-order valence-electron chi connectivity index (χ3n) is 6.28. The van der Waals surface area contributed by atoms with Crippen LogP contribution in [-0.4, -0.2) is 30.4 Å². The van der Waals surface area contributed by atoms with Crippen LogP contribution in [0, 0.1) is 19.3 Å². The predicted molar refractivity (Wildman–Crippen MR) is 145 cm³/mol. The summed E-state index contributed by atoms with van der Waals surface area (Å²) < 4.78 is 3.05. The van der Waals surface area contributed by atoms with E-state index in [1.807, 2.05) is 50.2 Å². The van der Waals surface area contributed by atoms with Crippen LogP contribution in [0.15, 0.2) is 71.7 Å². The van der Waals surface area contributed by atoms with E-state index in [9.17, 15) is 10.0 Å². The van der Waals surface area contributed by atoms with Gasteiger partial charge in [-0.1, -0.05) is 48.0 Å². The number of halogens is 1. The van der Waals surface area contributed by atoms with Crippen molar-refractivity contribution >= 4 is 34.0 Å². The van der Waals surface area contributed by atoms with E-state index in [1.165, 1.54) is 4.68 Å². The molecule has 10 heteroatoms. The number of nitrogens with two attached hydrogens (primary N) is 1. The summed E-state index contributed by atoms with van der Waals surface area (Å²) in [6.07, 6.45) is 1.64. The van der Waals surface area contributed by atoms with Gasteiger partial charge in [-0.15, -0.1) is 0 Å². The number of fused-ring (bicyclic) bond motifs is 1. The van der Waals surface area contributed by atoms with E-state index in [4.69, 9.17) is 22.7 Å². The number of aryl methyl sites for hydroxylation is 2. The molecule has 0 unspecified atom stereocenters. The van der Waals surface area contributed by atoms with Gasteiger partial charge < -0.3 is 5.73 Å². The molecule has 0 aliphatic heterocycles. The lowest BCUT2D eigenvalue weighted by molar-refractivity contribution is 0.379. The summed E-state index contributed by atoms with van der Waals surface area (Å²) in [5, 5.41) is 24.8. The van der Waals surface area contributed by atoms with Crippen molar-refractivity contribution in [2.75, 3.05) is 5.48 Å². The van der Waals surface area contributed by atoms with Crippen LogP contribution >= 0.6 is 11.6 Å². The molecule has 0 aliphatic carbocycles. The van der Waals surface area contributed by atoms with Crippen LogP contribution in [0.3, 0.4) is 0 Å². The first kappa shape index (κ1) is 24.2. The largest absolute Gasteiger partial charge is 0.383 e. The van der Waals surface area contributed by atoms with Gasteiger partial charge in [-0.3, -0.25) is 25.5 Å². The lowest BCUT2D eigenvalue weighted by Crippen LogP contribution is -2.26. The number of nitrogens with zero attached hydrogens (tertiary/aromatic N) is 4. The Morgan fingerprint density at radius 3 is 2.51 bits per heavy atom. The Labute approximate surface area is 217 Å². The molecule has 0 amide bonds. The molecule has 0 atom stereocenters. The maximum Gasteiger partial charge on any atom is 0.264 e. The third kappa shape index (κ3) is 4.24. The number of rotatable bonds is 6. The van der Waals surface area contributed by atoms with E-state index < -0.39 is 0 Å².